The van der Waals surface area contributed by atoms with E-state index in [1.54, 1.807) is 17.5 Å². The lowest BCUT2D eigenvalue weighted by Crippen LogP contribution is -2.00. The Morgan fingerprint density at radius 2 is 2.00 bits per heavy atom. The van der Waals surface area contributed by atoms with Gasteiger partial charge < -0.3 is 4.57 Å². The van der Waals surface area contributed by atoms with Crippen LogP contribution < -0.4 is 0 Å². The molecular weight excluding hydrogens is 356 g/mol. The zero-order chi connectivity index (χ0) is 17.7. The average Bonchev–Trinajstić information content (AvgIpc) is 3.25. The van der Waals surface area contributed by atoms with Crippen molar-refractivity contribution < 1.29 is 0 Å². The third kappa shape index (κ3) is 2.63. The van der Waals surface area contributed by atoms with Crippen LogP contribution in [0.1, 0.15) is 25.5 Å². The molecule has 25 heavy (non-hydrogen) atoms. The third-order valence-corrected chi connectivity index (χ3v) is 5.62. The first-order valence-electron chi connectivity index (χ1n) is 7.95. The summed E-state index contributed by atoms with van der Waals surface area (Å²) in [5, 5.41) is 6.01. The Kier molecular flexibility index (Phi) is 3.85. The van der Waals surface area contributed by atoms with E-state index < -0.39 is 0 Å². The third-order valence-electron chi connectivity index (χ3n) is 4.14. The van der Waals surface area contributed by atoms with Crippen molar-refractivity contribution in [2.45, 2.75) is 26.8 Å². The van der Waals surface area contributed by atoms with Crippen LogP contribution in [0.25, 0.3) is 32.4 Å². The van der Waals surface area contributed by atoms with Crippen molar-refractivity contribution in [2.24, 2.45) is 7.05 Å². The first-order chi connectivity index (χ1) is 12.0. The Morgan fingerprint density at radius 1 is 1.20 bits per heavy atom. The fourth-order valence-corrected chi connectivity index (χ4v) is 4.28. The van der Waals surface area contributed by atoms with Crippen LogP contribution in [0, 0.1) is 6.92 Å². The molecule has 0 radical (unpaired) electrons. The van der Waals surface area contributed by atoms with Gasteiger partial charge in [0, 0.05) is 31.7 Å². The SMILES string of the molecule is Cc1c(-c2ccn(C(C)C)n2)sc2nc(-c3nccn3C)nc(Cl)c12. The zero-order valence-corrected chi connectivity index (χ0v) is 15.9. The minimum atomic E-state index is 0.321. The summed E-state index contributed by atoms with van der Waals surface area (Å²) in [5.74, 6) is 1.23. The number of thiophene rings is 1. The molecule has 0 saturated heterocycles. The summed E-state index contributed by atoms with van der Waals surface area (Å²) >= 11 is 8.07. The Hall–Kier alpha value is -2.25. The zero-order valence-electron chi connectivity index (χ0n) is 14.4. The van der Waals surface area contributed by atoms with E-state index in [0.717, 1.165) is 26.4 Å². The van der Waals surface area contributed by atoms with E-state index in [-0.39, 0.29) is 0 Å². The molecule has 0 aliphatic carbocycles. The average molecular weight is 373 g/mol. The molecule has 128 valence electrons. The fourth-order valence-electron chi connectivity index (χ4n) is 2.76. The number of hydrogen-bond acceptors (Lipinski definition) is 5. The molecule has 0 fully saturated rings. The molecule has 4 heterocycles. The second-order valence-electron chi connectivity index (χ2n) is 6.21. The highest BCUT2D eigenvalue weighted by atomic mass is 35.5. The predicted molar refractivity (Wildman–Crippen MR) is 101 cm³/mol. The van der Waals surface area contributed by atoms with Crippen molar-refractivity contribution in [2.75, 3.05) is 0 Å². The number of halogens is 1. The maximum Gasteiger partial charge on any atom is 0.198 e. The Morgan fingerprint density at radius 3 is 2.64 bits per heavy atom. The molecule has 0 unspecified atom stereocenters. The smallest absolute Gasteiger partial charge is 0.198 e. The lowest BCUT2D eigenvalue weighted by atomic mass is 10.2. The number of fused-ring (bicyclic) bond motifs is 1. The van der Waals surface area contributed by atoms with Crippen LogP contribution in [-0.2, 0) is 7.05 Å². The van der Waals surface area contributed by atoms with Crippen LogP contribution in [-0.4, -0.2) is 29.3 Å². The highest BCUT2D eigenvalue weighted by molar-refractivity contribution is 7.22. The van der Waals surface area contributed by atoms with Gasteiger partial charge in [-0.1, -0.05) is 11.6 Å². The van der Waals surface area contributed by atoms with Gasteiger partial charge in [-0.15, -0.1) is 11.3 Å². The van der Waals surface area contributed by atoms with E-state index in [4.69, 9.17) is 16.6 Å². The molecule has 6 nitrogen and oxygen atoms in total. The van der Waals surface area contributed by atoms with Crippen LogP contribution in [0.2, 0.25) is 5.15 Å². The van der Waals surface area contributed by atoms with Gasteiger partial charge in [0.05, 0.1) is 10.3 Å². The second-order valence-corrected chi connectivity index (χ2v) is 7.57. The summed E-state index contributed by atoms with van der Waals surface area (Å²) in [6, 6.07) is 2.35. The second kappa shape index (κ2) is 5.93. The summed E-state index contributed by atoms with van der Waals surface area (Å²) in [7, 11) is 1.91. The van der Waals surface area contributed by atoms with Gasteiger partial charge in [0.1, 0.15) is 15.7 Å². The summed E-state index contributed by atoms with van der Waals surface area (Å²) < 4.78 is 3.83. The van der Waals surface area contributed by atoms with Crippen molar-refractivity contribution in [1.82, 2.24) is 29.3 Å². The molecule has 0 aliphatic heterocycles. The van der Waals surface area contributed by atoms with Crippen LogP contribution in [0.3, 0.4) is 0 Å². The van der Waals surface area contributed by atoms with E-state index in [0.29, 0.717) is 22.8 Å². The number of aromatic nitrogens is 6. The number of hydrogen-bond donors (Lipinski definition) is 0. The van der Waals surface area contributed by atoms with Crippen molar-refractivity contribution in [3.05, 3.63) is 35.4 Å². The van der Waals surface area contributed by atoms with Gasteiger partial charge in [0.2, 0.25) is 0 Å². The maximum absolute atomic E-state index is 6.49. The van der Waals surface area contributed by atoms with Gasteiger partial charge >= 0.3 is 0 Å². The molecule has 0 spiro atoms. The molecule has 0 aliphatic rings. The van der Waals surface area contributed by atoms with Crippen molar-refractivity contribution >= 4 is 33.2 Å². The normalized spacial score (nSPS) is 11.8. The van der Waals surface area contributed by atoms with E-state index in [1.807, 2.05) is 41.7 Å². The largest absolute Gasteiger partial charge is 0.331 e. The summed E-state index contributed by atoms with van der Waals surface area (Å²) in [4.78, 5) is 15.4. The van der Waals surface area contributed by atoms with Crippen molar-refractivity contribution in [3.8, 4) is 22.2 Å². The van der Waals surface area contributed by atoms with Gasteiger partial charge in [0.25, 0.3) is 0 Å². The Labute approximate surface area is 154 Å². The van der Waals surface area contributed by atoms with E-state index in [1.165, 1.54) is 0 Å². The molecule has 8 heteroatoms. The van der Waals surface area contributed by atoms with Gasteiger partial charge in [-0.2, -0.15) is 5.10 Å². The highest BCUT2D eigenvalue weighted by Gasteiger charge is 2.19. The minimum Gasteiger partial charge on any atom is -0.331 e. The lowest BCUT2D eigenvalue weighted by Gasteiger charge is -2.03. The first kappa shape index (κ1) is 16.2. The van der Waals surface area contributed by atoms with Crippen molar-refractivity contribution in [1.29, 1.82) is 0 Å². The Bertz CT molecular complexity index is 1070. The standard InChI is InChI=1S/C17H17ClN6S/c1-9(2)24-7-5-11(22-24)13-10(3)12-14(18)20-15(21-17(12)25-13)16-19-6-8-23(16)4/h5-9H,1-4H3. The fraction of sp³-hybridized carbons (Fsp3) is 0.294. The molecule has 0 bridgehead atoms. The van der Waals surface area contributed by atoms with Gasteiger partial charge in [-0.05, 0) is 32.4 Å². The molecule has 0 aromatic carbocycles. The maximum atomic E-state index is 6.49. The topological polar surface area (TPSA) is 61.4 Å². The van der Waals surface area contributed by atoms with Crippen LogP contribution in [0.5, 0.6) is 0 Å². The lowest BCUT2D eigenvalue weighted by molar-refractivity contribution is 0.534. The minimum absolute atomic E-state index is 0.321. The molecule has 0 amide bonds. The monoisotopic (exact) mass is 372 g/mol. The molecule has 4 aromatic heterocycles. The van der Waals surface area contributed by atoms with Crippen LogP contribution in [0.15, 0.2) is 24.7 Å². The summed E-state index contributed by atoms with van der Waals surface area (Å²) in [6.07, 6.45) is 5.58. The number of rotatable bonds is 3. The number of aryl methyl sites for hydroxylation is 2. The molecule has 0 N–H and O–H groups in total. The molecule has 4 aromatic rings. The number of imidazole rings is 1. The van der Waals surface area contributed by atoms with Gasteiger partial charge in [-0.25, -0.2) is 15.0 Å². The quantitative estimate of drug-likeness (QED) is 0.497. The van der Waals surface area contributed by atoms with Crippen LogP contribution in [0.4, 0.5) is 0 Å². The summed E-state index contributed by atoms with van der Waals surface area (Å²) in [5.41, 5.74) is 1.99. The van der Waals surface area contributed by atoms with E-state index in [9.17, 15) is 0 Å². The van der Waals surface area contributed by atoms with Gasteiger partial charge in [0.15, 0.2) is 11.6 Å². The highest BCUT2D eigenvalue weighted by Crippen LogP contribution is 2.40. The van der Waals surface area contributed by atoms with Crippen LogP contribution >= 0.6 is 22.9 Å². The van der Waals surface area contributed by atoms with E-state index in [2.05, 4.69) is 28.9 Å². The van der Waals surface area contributed by atoms with Crippen molar-refractivity contribution in [3.63, 3.8) is 0 Å². The molecule has 4 rings (SSSR count). The summed E-state index contributed by atoms with van der Waals surface area (Å²) in [6.45, 7) is 6.25. The van der Waals surface area contributed by atoms with Gasteiger partial charge in [-0.3, -0.25) is 4.68 Å². The predicted octanol–water partition coefficient (Wildman–Crippen LogP) is 4.50. The molecule has 0 atom stereocenters. The van der Waals surface area contributed by atoms with E-state index >= 15 is 0 Å². The first-order valence-corrected chi connectivity index (χ1v) is 9.15. The molecule has 0 saturated carbocycles. The molecular formula is C17H17ClN6S. The Balaban J connectivity index is 1.89. The number of nitrogens with zero attached hydrogens (tertiary/aromatic N) is 6.